The third kappa shape index (κ3) is 3.38. The first-order chi connectivity index (χ1) is 6.77. The Morgan fingerprint density at radius 1 is 1.57 bits per heavy atom. The smallest absolute Gasteiger partial charge is 0.142 e. The zero-order valence-electron chi connectivity index (χ0n) is 8.65. The lowest BCUT2D eigenvalue weighted by molar-refractivity contribution is 0.217. The molecule has 0 bridgehead atoms. The molecule has 82 valence electrons. The molecule has 1 heterocycles. The third-order valence-electron chi connectivity index (χ3n) is 2.73. The Hall–Kier alpha value is -0.420. The van der Waals surface area contributed by atoms with Crippen molar-refractivity contribution < 1.29 is 5.21 Å². The first-order valence-electron chi connectivity index (χ1n) is 4.96. The first-order valence-corrected chi connectivity index (χ1v) is 6.36. The Bertz CT molecular complexity index is 190. The minimum Gasteiger partial charge on any atom is -0.409 e. The fourth-order valence-corrected chi connectivity index (χ4v) is 2.20. The van der Waals surface area contributed by atoms with Gasteiger partial charge in [-0.1, -0.05) is 5.16 Å². The normalized spacial score (nSPS) is 21.4. The Labute approximate surface area is 89.5 Å². The van der Waals surface area contributed by atoms with Crippen LogP contribution in [-0.4, -0.2) is 47.6 Å². The monoisotopic (exact) mass is 217 g/mol. The van der Waals surface area contributed by atoms with E-state index < -0.39 is 0 Å². The number of hydrogen-bond donors (Lipinski definition) is 2. The third-order valence-corrected chi connectivity index (χ3v) is 3.32. The summed E-state index contributed by atoms with van der Waals surface area (Å²) in [5.74, 6) is 1.87. The number of likely N-dealkylation sites (tertiary alicyclic amines) is 1. The molecule has 0 amide bonds. The maximum absolute atomic E-state index is 8.54. The lowest BCUT2D eigenvalue weighted by Crippen LogP contribution is -2.39. The molecule has 0 aromatic heterocycles. The topological polar surface area (TPSA) is 61.8 Å². The molecule has 0 aromatic carbocycles. The molecule has 1 aliphatic rings. The summed E-state index contributed by atoms with van der Waals surface area (Å²) in [6.07, 6.45) is 4.16. The van der Waals surface area contributed by atoms with Gasteiger partial charge in [-0.3, -0.25) is 0 Å². The summed E-state index contributed by atoms with van der Waals surface area (Å²) in [6.45, 7) is 3.30. The van der Waals surface area contributed by atoms with Gasteiger partial charge in [0.1, 0.15) is 5.84 Å². The van der Waals surface area contributed by atoms with Gasteiger partial charge in [0.2, 0.25) is 0 Å². The van der Waals surface area contributed by atoms with Gasteiger partial charge in [-0.2, -0.15) is 11.8 Å². The van der Waals surface area contributed by atoms with E-state index in [9.17, 15) is 0 Å². The second-order valence-corrected chi connectivity index (χ2v) is 4.62. The van der Waals surface area contributed by atoms with E-state index in [1.54, 1.807) is 0 Å². The molecule has 1 fully saturated rings. The SMILES string of the molecule is CSCCN1CCC(C(N)=NO)CC1. The van der Waals surface area contributed by atoms with Crippen molar-refractivity contribution in [1.29, 1.82) is 0 Å². The summed E-state index contributed by atoms with van der Waals surface area (Å²) >= 11 is 1.88. The molecule has 14 heavy (non-hydrogen) atoms. The zero-order valence-corrected chi connectivity index (χ0v) is 9.46. The number of piperidine rings is 1. The van der Waals surface area contributed by atoms with E-state index in [0.29, 0.717) is 5.84 Å². The molecular formula is C9H19N3OS. The lowest BCUT2D eigenvalue weighted by Gasteiger charge is -2.30. The van der Waals surface area contributed by atoms with Crippen LogP contribution in [0.1, 0.15) is 12.8 Å². The number of nitrogens with two attached hydrogens (primary N) is 1. The van der Waals surface area contributed by atoms with Crippen LogP contribution in [-0.2, 0) is 0 Å². The van der Waals surface area contributed by atoms with Crippen molar-refractivity contribution in [2.45, 2.75) is 12.8 Å². The van der Waals surface area contributed by atoms with E-state index in [0.717, 1.165) is 32.5 Å². The van der Waals surface area contributed by atoms with Crippen molar-refractivity contribution in [3.8, 4) is 0 Å². The van der Waals surface area contributed by atoms with Crippen LogP contribution >= 0.6 is 11.8 Å². The van der Waals surface area contributed by atoms with Crippen LogP contribution in [0.25, 0.3) is 0 Å². The summed E-state index contributed by atoms with van der Waals surface area (Å²) in [5.41, 5.74) is 5.57. The average Bonchev–Trinajstić information content (AvgIpc) is 2.26. The number of rotatable bonds is 4. The molecule has 0 aromatic rings. The highest BCUT2D eigenvalue weighted by atomic mass is 32.2. The largest absolute Gasteiger partial charge is 0.409 e. The van der Waals surface area contributed by atoms with Crippen LogP contribution in [0.5, 0.6) is 0 Å². The molecule has 5 heteroatoms. The van der Waals surface area contributed by atoms with Gasteiger partial charge in [-0.25, -0.2) is 0 Å². The fourth-order valence-electron chi connectivity index (χ4n) is 1.75. The Balaban J connectivity index is 2.24. The van der Waals surface area contributed by atoms with Crippen LogP contribution in [0, 0.1) is 5.92 Å². The number of nitrogens with zero attached hydrogens (tertiary/aromatic N) is 2. The fraction of sp³-hybridized carbons (Fsp3) is 0.889. The maximum Gasteiger partial charge on any atom is 0.142 e. The van der Waals surface area contributed by atoms with Crippen molar-refractivity contribution in [2.24, 2.45) is 16.8 Å². The van der Waals surface area contributed by atoms with Gasteiger partial charge in [0.25, 0.3) is 0 Å². The first kappa shape index (κ1) is 11.7. The number of hydrogen-bond acceptors (Lipinski definition) is 4. The molecule has 3 N–H and O–H groups in total. The molecule has 0 aliphatic carbocycles. The molecule has 0 saturated carbocycles. The van der Waals surface area contributed by atoms with Gasteiger partial charge >= 0.3 is 0 Å². The van der Waals surface area contributed by atoms with Gasteiger partial charge < -0.3 is 15.8 Å². The zero-order chi connectivity index (χ0) is 10.4. The molecule has 1 aliphatic heterocycles. The quantitative estimate of drug-likeness (QED) is 0.316. The summed E-state index contributed by atoms with van der Waals surface area (Å²) in [5, 5.41) is 11.6. The highest BCUT2D eigenvalue weighted by Crippen LogP contribution is 2.17. The van der Waals surface area contributed by atoms with Gasteiger partial charge in [0.05, 0.1) is 0 Å². The van der Waals surface area contributed by atoms with E-state index in [1.807, 2.05) is 11.8 Å². The second kappa shape index (κ2) is 6.14. The predicted molar refractivity (Wildman–Crippen MR) is 61.0 cm³/mol. The van der Waals surface area contributed by atoms with Crippen LogP contribution in [0.15, 0.2) is 5.16 Å². The average molecular weight is 217 g/mol. The minimum atomic E-state index is 0.283. The Morgan fingerprint density at radius 3 is 2.71 bits per heavy atom. The van der Waals surface area contributed by atoms with Crippen molar-refractivity contribution in [3.63, 3.8) is 0 Å². The van der Waals surface area contributed by atoms with E-state index in [2.05, 4.69) is 16.3 Å². The maximum atomic E-state index is 8.54. The van der Waals surface area contributed by atoms with Crippen molar-refractivity contribution in [1.82, 2.24) is 4.90 Å². The van der Waals surface area contributed by atoms with Crippen molar-refractivity contribution in [2.75, 3.05) is 31.6 Å². The molecule has 0 radical (unpaired) electrons. The summed E-state index contributed by atoms with van der Waals surface area (Å²) in [6, 6.07) is 0. The van der Waals surface area contributed by atoms with Crippen molar-refractivity contribution >= 4 is 17.6 Å². The molecule has 0 atom stereocenters. The summed E-state index contributed by atoms with van der Waals surface area (Å²) in [7, 11) is 0. The number of oxime groups is 1. The van der Waals surface area contributed by atoms with Crippen LogP contribution in [0.4, 0.5) is 0 Å². The molecule has 0 spiro atoms. The van der Waals surface area contributed by atoms with Crippen LogP contribution in [0.2, 0.25) is 0 Å². The van der Waals surface area contributed by atoms with Gasteiger partial charge in [0, 0.05) is 18.2 Å². The summed E-state index contributed by atoms with van der Waals surface area (Å²) in [4.78, 5) is 2.44. The molecule has 4 nitrogen and oxygen atoms in total. The van der Waals surface area contributed by atoms with Gasteiger partial charge in [-0.05, 0) is 32.2 Å². The van der Waals surface area contributed by atoms with E-state index in [4.69, 9.17) is 10.9 Å². The molecule has 1 saturated heterocycles. The van der Waals surface area contributed by atoms with E-state index in [-0.39, 0.29) is 5.92 Å². The van der Waals surface area contributed by atoms with Gasteiger partial charge in [0.15, 0.2) is 0 Å². The standard InChI is InChI=1S/C9H19N3OS/c1-14-7-6-12-4-2-8(3-5-12)9(10)11-13/h8,13H,2-7H2,1H3,(H2,10,11). The minimum absolute atomic E-state index is 0.283. The van der Waals surface area contributed by atoms with E-state index in [1.165, 1.54) is 5.75 Å². The number of thioether (sulfide) groups is 1. The van der Waals surface area contributed by atoms with Crippen LogP contribution in [0.3, 0.4) is 0 Å². The summed E-state index contributed by atoms with van der Waals surface area (Å²) < 4.78 is 0. The van der Waals surface area contributed by atoms with Gasteiger partial charge in [-0.15, -0.1) is 0 Å². The van der Waals surface area contributed by atoms with Crippen LogP contribution < -0.4 is 5.73 Å². The Morgan fingerprint density at radius 2 is 2.21 bits per heavy atom. The predicted octanol–water partition coefficient (Wildman–Crippen LogP) is 0.808. The van der Waals surface area contributed by atoms with Crippen molar-refractivity contribution in [3.05, 3.63) is 0 Å². The highest BCUT2D eigenvalue weighted by Gasteiger charge is 2.21. The highest BCUT2D eigenvalue weighted by molar-refractivity contribution is 7.98. The number of amidine groups is 1. The van der Waals surface area contributed by atoms with E-state index >= 15 is 0 Å². The second-order valence-electron chi connectivity index (χ2n) is 3.63. The molecular weight excluding hydrogens is 198 g/mol. The molecule has 0 unspecified atom stereocenters. The molecule has 1 rings (SSSR count). The Kier molecular flexibility index (Phi) is 5.11. The lowest BCUT2D eigenvalue weighted by atomic mass is 9.96.